The highest BCUT2D eigenvalue weighted by Crippen LogP contribution is 2.38. The first kappa shape index (κ1) is 18.9. The van der Waals surface area contributed by atoms with E-state index in [-0.39, 0.29) is 11.8 Å². The van der Waals surface area contributed by atoms with E-state index in [1.54, 1.807) is 0 Å². The number of nitrogens with one attached hydrogen (secondary N) is 1. The van der Waals surface area contributed by atoms with Gasteiger partial charge in [0.2, 0.25) is 0 Å². The van der Waals surface area contributed by atoms with E-state index >= 15 is 0 Å². The molecule has 0 saturated carbocycles. The van der Waals surface area contributed by atoms with Gasteiger partial charge in [0, 0.05) is 65.3 Å². The standard InChI is InChI=1S/C25H20N4O2/c1-28-14-18(16-8-2-4-10-20(16)28)22-23(25(31)27-24(22)30)19-15-29(13-7-6-12-26)21-11-5-3-9-17(19)21/h2-5,8-11,14-15H,6-7,13H2,1H3,(H,27,30,31). The topological polar surface area (TPSA) is 79.8 Å². The number of nitrogens with zero attached hydrogens (tertiary/aromatic N) is 3. The molecule has 0 unspecified atom stereocenters. The Bertz CT molecular complexity index is 1450. The fourth-order valence-corrected chi connectivity index (χ4v) is 4.47. The molecule has 31 heavy (non-hydrogen) atoms. The number of fused-ring (bicyclic) bond motifs is 2. The Balaban J connectivity index is 1.77. The number of aromatic nitrogens is 2. The second-order valence-electron chi connectivity index (χ2n) is 7.72. The van der Waals surface area contributed by atoms with Gasteiger partial charge in [-0.05, 0) is 18.6 Å². The predicted octanol–water partition coefficient (Wildman–Crippen LogP) is 4.00. The van der Waals surface area contributed by atoms with E-state index in [1.165, 1.54) is 0 Å². The lowest BCUT2D eigenvalue weighted by Crippen LogP contribution is -2.22. The fourth-order valence-electron chi connectivity index (χ4n) is 4.47. The Morgan fingerprint density at radius 1 is 0.871 bits per heavy atom. The Labute approximate surface area is 179 Å². The molecule has 4 aromatic rings. The summed E-state index contributed by atoms with van der Waals surface area (Å²) in [6.07, 6.45) is 5.02. The number of carbonyl (C=O) groups is 2. The van der Waals surface area contributed by atoms with Crippen LogP contribution in [0.3, 0.4) is 0 Å². The molecule has 5 rings (SSSR count). The largest absolute Gasteiger partial charge is 0.350 e. The summed E-state index contributed by atoms with van der Waals surface area (Å²) in [5, 5.41) is 13.2. The monoisotopic (exact) mass is 408 g/mol. The van der Waals surface area contributed by atoms with Gasteiger partial charge in [0.1, 0.15) is 0 Å². The summed E-state index contributed by atoms with van der Waals surface area (Å²) in [6, 6.07) is 17.9. The lowest BCUT2D eigenvalue weighted by Gasteiger charge is -2.03. The van der Waals surface area contributed by atoms with Crippen LogP contribution in [0.4, 0.5) is 0 Å². The molecule has 1 N–H and O–H groups in total. The number of aryl methyl sites for hydroxylation is 2. The Morgan fingerprint density at radius 3 is 2.13 bits per heavy atom. The summed E-state index contributed by atoms with van der Waals surface area (Å²) in [6.45, 7) is 0.667. The zero-order valence-electron chi connectivity index (χ0n) is 17.1. The highest BCUT2D eigenvalue weighted by Gasteiger charge is 2.35. The molecular formula is C25H20N4O2. The van der Waals surface area contributed by atoms with Crippen LogP contribution in [0.15, 0.2) is 60.9 Å². The third kappa shape index (κ3) is 2.94. The lowest BCUT2D eigenvalue weighted by molar-refractivity contribution is -0.122. The molecule has 152 valence electrons. The van der Waals surface area contributed by atoms with E-state index in [0.717, 1.165) is 39.4 Å². The molecule has 0 saturated heterocycles. The zero-order chi connectivity index (χ0) is 21.5. The normalized spacial score (nSPS) is 13.9. The number of benzene rings is 2. The maximum absolute atomic E-state index is 13.0. The van der Waals surface area contributed by atoms with Gasteiger partial charge in [-0.15, -0.1) is 0 Å². The number of unbranched alkanes of at least 4 members (excludes halogenated alkanes) is 1. The molecule has 0 fully saturated rings. The molecule has 6 nitrogen and oxygen atoms in total. The van der Waals surface area contributed by atoms with Crippen molar-refractivity contribution in [2.45, 2.75) is 19.4 Å². The van der Waals surface area contributed by atoms with E-state index < -0.39 is 0 Å². The molecule has 0 bridgehead atoms. The Morgan fingerprint density at radius 2 is 1.45 bits per heavy atom. The second-order valence-corrected chi connectivity index (χ2v) is 7.72. The minimum atomic E-state index is -0.382. The van der Waals surface area contributed by atoms with Crippen LogP contribution < -0.4 is 5.32 Å². The average Bonchev–Trinajstić information content (AvgIpc) is 3.39. The van der Waals surface area contributed by atoms with Gasteiger partial charge in [0.05, 0.1) is 17.2 Å². The minimum absolute atomic E-state index is 0.377. The van der Waals surface area contributed by atoms with Gasteiger partial charge < -0.3 is 9.13 Å². The quantitative estimate of drug-likeness (QED) is 0.400. The zero-order valence-corrected chi connectivity index (χ0v) is 17.1. The van der Waals surface area contributed by atoms with E-state index in [4.69, 9.17) is 5.26 Å². The molecule has 0 aliphatic carbocycles. The molecule has 1 aliphatic rings. The molecule has 3 heterocycles. The predicted molar refractivity (Wildman–Crippen MR) is 120 cm³/mol. The summed E-state index contributed by atoms with van der Waals surface area (Å²) >= 11 is 0. The number of amides is 2. The number of rotatable bonds is 5. The molecule has 6 heteroatoms. The fraction of sp³-hybridized carbons (Fsp3) is 0.160. The number of hydrogen-bond acceptors (Lipinski definition) is 3. The van der Waals surface area contributed by atoms with E-state index in [1.807, 2.05) is 72.5 Å². The van der Waals surface area contributed by atoms with Gasteiger partial charge >= 0.3 is 0 Å². The summed E-state index contributed by atoms with van der Waals surface area (Å²) in [5.41, 5.74) is 4.26. The van der Waals surface area contributed by atoms with Crippen molar-refractivity contribution in [1.82, 2.24) is 14.5 Å². The minimum Gasteiger partial charge on any atom is -0.350 e. The van der Waals surface area contributed by atoms with Crippen molar-refractivity contribution in [2.75, 3.05) is 0 Å². The van der Waals surface area contributed by atoms with Gasteiger partial charge in [-0.1, -0.05) is 36.4 Å². The third-order valence-electron chi connectivity index (χ3n) is 5.84. The Hall–Kier alpha value is -4.11. The maximum atomic E-state index is 13.0. The van der Waals surface area contributed by atoms with Crippen LogP contribution in [0.5, 0.6) is 0 Å². The van der Waals surface area contributed by atoms with Crippen LogP contribution >= 0.6 is 0 Å². The molecule has 0 radical (unpaired) electrons. The first-order valence-electron chi connectivity index (χ1n) is 10.2. The van der Waals surface area contributed by atoms with Crippen molar-refractivity contribution in [3.05, 3.63) is 72.1 Å². The molecule has 1 aliphatic heterocycles. The highest BCUT2D eigenvalue weighted by atomic mass is 16.2. The molecular weight excluding hydrogens is 388 g/mol. The van der Waals surface area contributed by atoms with Crippen molar-refractivity contribution in [1.29, 1.82) is 5.26 Å². The van der Waals surface area contributed by atoms with E-state index in [9.17, 15) is 9.59 Å². The molecule has 0 spiro atoms. The number of imide groups is 1. The molecule has 2 aromatic heterocycles. The van der Waals surface area contributed by atoms with Crippen molar-refractivity contribution < 1.29 is 9.59 Å². The van der Waals surface area contributed by atoms with Crippen molar-refractivity contribution in [2.24, 2.45) is 7.05 Å². The molecule has 2 aromatic carbocycles. The number of para-hydroxylation sites is 2. The first-order chi connectivity index (χ1) is 15.1. The SMILES string of the molecule is Cn1cc(C2=C(c3cn(CCCC#N)c4ccccc34)C(=O)NC2=O)c2ccccc21. The summed E-state index contributed by atoms with van der Waals surface area (Å²) in [5.74, 6) is -0.759. The van der Waals surface area contributed by atoms with Gasteiger partial charge in [0.15, 0.2) is 0 Å². The maximum Gasteiger partial charge on any atom is 0.259 e. The number of carbonyl (C=O) groups excluding carboxylic acids is 2. The van der Waals surface area contributed by atoms with Gasteiger partial charge in [-0.3, -0.25) is 14.9 Å². The van der Waals surface area contributed by atoms with Crippen LogP contribution in [0.1, 0.15) is 24.0 Å². The van der Waals surface area contributed by atoms with Crippen molar-refractivity contribution in [3.8, 4) is 6.07 Å². The first-order valence-corrected chi connectivity index (χ1v) is 10.2. The Kier molecular flexibility index (Phi) is 4.45. The average molecular weight is 408 g/mol. The highest BCUT2D eigenvalue weighted by molar-refractivity contribution is 6.50. The van der Waals surface area contributed by atoms with Gasteiger partial charge in [-0.25, -0.2) is 0 Å². The van der Waals surface area contributed by atoms with Crippen LogP contribution in [-0.4, -0.2) is 20.9 Å². The van der Waals surface area contributed by atoms with Crippen molar-refractivity contribution >= 4 is 44.8 Å². The molecule has 2 amide bonds. The lowest BCUT2D eigenvalue weighted by atomic mass is 9.95. The van der Waals surface area contributed by atoms with Crippen LogP contribution in [0.25, 0.3) is 33.0 Å². The van der Waals surface area contributed by atoms with Crippen molar-refractivity contribution in [3.63, 3.8) is 0 Å². The summed E-state index contributed by atoms with van der Waals surface area (Å²) in [4.78, 5) is 25.9. The van der Waals surface area contributed by atoms with E-state index in [2.05, 4.69) is 16.0 Å². The number of nitriles is 1. The van der Waals surface area contributed by atoms with Gasteiger partial charge in [-0.2, -0.15) is 5.26 Å². The molecule has 0 atom stereocenters. The summed E-state index contributed by atoms with van der Waals surface area (Å²) < 4.78 is 4.03. The second kappa shape index (κ2) is 7.29. The van der Waals surface area contributed by atoms with E-state index in [0.29, 0.717) is 24.1 Å². The number of hydrogen-bond donors (Lipinski definition) is 1. The summed E-state index contributed by atoms with van der Waals surface area (Å²) in [7, 11) is 1.93. The van der Waals surface area contributed by atoms with Crippen LogP contribution in [0, 0.1) is 11.3 Å². The van der Waals surface area contributed by atoms with Crippen LogP contribution in [-0.2, 0) is 23.2 Å². The van der Waals surface area contributed by atoms with Gasteiger partial charge in [0.25, 0.3) is 11.8 Å². The smallest absolute Gasteiger partial charge is 0.259 e. The third-order valence-corrected chi connectivity index (χ3v) is 5.84. The van der Waals surface area contributed by atoms with Crippen LogP contribution in [0.2, 0.25) is 0 Å².